The molecule has 28 heavy (non-hydrogen) atoms. The van der Waals surface area contributed by atoms with Crippen molar-refractivity contribution in [3.8, 4) is 16.2 Å². The first kappa shape index (κ1) is 22.5. The maximum absolute atomic E-state index is 11.4. The van der Waals surface area contributed by atoms with Gasteiger partial charge in [0.1, 0.15) is 5.75 Å². The van der Waals surface area contributed by atoms with Crippen molar-refractivity contribution >= 4 is 39.8 Å². The minimum absolute atomic E-state index is 0. The molecule has 0 saturated heterocycles. The summed E-state index contributed by atoms with van der Waals surface area (Å²) in [6.07, 6.45) is 4.55. The standard InChI is InChI=1S/C22H19O4S.Y/c1-14-11-18(26-22(2,3)21(24)25)15(8-6-10-23)12-17(14)20-13-16-7-4-5-9-19(16)27-20;/h4-9,11-13H,1-3H3,(H,24,25);/q-1;/b8-6+;. The second-order valence-corrected chi connectivity index (χ2v) is 7.81. The third kappa shape index (κ3) is 4.77. The first-order valence-corrected chi connectivity index (χ1v) is 9.23. The van der Waals surface area contributed by atoms with Crippen molar-refractivity contribution in [2.75, 3.05) is 0 Å². The fourth-order valence-corrected chi connectivity index (χ4v) is 3.88. The van der Waals surface area contributed by atoms with Gasteiger partial charge >= 0.3 is 5.97 Å². The van der Waals surface area contributed by atoms with Gasteiger partial charge in [-0.15, -0.1) is 11.3 Å². The zero-order valence-corrected chi connectivity index (χ0v) is 19.5. The summed E-state index contributed by atoms with van der Waals surface area (Å²) in [6, 6.07) is 14.0. The van der Waals surface area contributed by atoms with Crippen LogP contribution in [0.4, 0.5) is 0 Å². The monoisotopic (exact) mass is 468 g/mol. The van der Waals surface area contributed by atoms with Gasteiger partial charge in [0.05, 0.1) is 0 Å². The van der Waals surface area contributed by atoms with Crippen LogP contribution in [-0.2, 0) is 42.3 Å². The molecule has 0 amide bonds. The molecular formula is C22H19O4SY-. The molecule has 4 nitrogen and oxygen atoms in total. The normalized spacial score (nSPS) is 11.4. The van der Waals surface area contributed by atoms with E-state index in [1.165, 1.54) is 30.0 Å². The number of carbonyl (C=O) groups is 1. The Labute approximate surface area is 193 Å². The van der Waals surface area contributed by atoms with Crippen LogP contribution in [0.2, 0.25) is 0 Å². The van der Waals surface area contributed by atoms with Crippen LogP contribution in [0.1, 0.15) is 25.0 Å². The minimum Gasteiger partial charge on any atom is -0.478 e. The van der Waals surface area contributed by atoms with Crippen LogP contribution in [0.15, 0.2) is 48.5 Å². The van der Waals surface area contributed by atoms with Gasteiger partial charge in [0.15, 0.2) is 5.60 Å². The molecule has 2 aromatic carbocycles. The van der Waals surface area contributed by atoms with Gasteiger partial charge in [0.2, 0.25) is 0 Å². The van der Waals surface area contributed by atoms with E-state index in [1.54, 1.807) is 23.7 Å². The third-order valence-electron chi connectivity index (χ3n) is 4.26. The largest absolute Gasteiger partial charge is 0.478 e. The molecular weight excluding hydrogens is 449 g/mol. The van der Waals surface area contributed by atoms with E-state index in [9.17, 15) is 14.7 Å². The summed E-state index contributed by atoms with van der Waals surface area (Å²) in [5.41, 5.74) is 1.22. The fourth-order valence-electron chi connectivity index (χ4n) is 2.74. The molecule has 1 N–H and O–H groups in total. The molecule has 1 radical (unpaired) electrons. The Kier molecular flexibility index (Phi) is 7.32. The van der Waals surface area contributed by atoms with Crippen LogP contribution in [0.5, 0.6) is 5.75 Å². The van der Waals surface area contributed by atoms with Crippen LogP contribution in [-0.4, -0.2) is 23.0 Å². The number of carbonyl (C=O) groups excluding carboxylic acids is 1. The molecule has 0 unspecified atom stereocenters. The van der Waals surface area contributed by atoms with E-state index in [2.05, 4.69) is 18.2 Å². The van der Waals surface area contributed by atoms with Crippen molar-refractivity contribution in [2.45, 2.75) is 26.4 Å². The number of benzene rings is 2. The molecule has 0 aliphatic heterocycles. The van der Waals surface area contributed by atoms with Crippen LogP contribution in [0, 0.1) is 6.92 Å². The molecule has 6 heteroatoms. The van der Waals surface area contributed by atoms with E-state index in [-0.39, 0.29) is 32.7 Å². The van der Waals surface area contributed by atoms with Crippen LogP contribution < -0.4 is 4.74 Å². The van der Waals surface area contributed by atoms with Gasteiger partial charge < -0.3 is 14.6 Å². The van der Waals surface area contributed by atoms with E-state index in [0.717, 1.165) is 16.0 Å². The van der Waals surface area contributed by atoms with Crippen molar-refractivity contribution in [2.24, 2.45) is 0 Å². The number of hydrogen-bond donors (Lipinski definition) is 1. The summed E-state index contributed by atoms with van der Waals surface area (Å²) in [5.74, 6) is -0.651. The van der Waals surface area contributed by atoms with Crippen molar-refractivity contribution in [1.29, 1.82) is 0 Å². The Balaban J connectivity index is 0.00000280. The number of fused-ring (bicyclic) bond motifs is 1. The van der Waals surface area contributed by atoms with Crippen molar-refractivity contribution in [3.63, 3.8) is 0 Å². The number of allylic oxidation sites excluding steroid dienone is 1. The SMILES string of the molecule is Cc1cc(OC(C)(C)C(=O)O)c(/C=C/[C-]=O)cc1-c1cc2ccccc2s1.[Y]. The van der Waals surface area contributed by atoms with Crippen LogP contribution in [0.25, 0.3) is 26.6 Å². The summed E-state index contributed by atoms with van der Waals surface area (Å²) in [6.45, 7) is 4.94. The smallest absolute Gasteiger partial charge is 0.347 e. The Morgan fingerprint density at radius 3 is 2.57 bits per heavy atom. The summed E-state index contributed by atoms with van der Waals surface area (Å²) >= 11 is 1.68. The molecule has 3 aromatic rings. The Morgan fingerprint density at radius 1 is 1.21 bits per heavy atom. The number of hydrogen-bond acceptors (Lipinski definition) is 4. The van der Waals surface area contributed by atoms with Crippen LogP contribution >= 0.6 is 11.3 Å². The first-order valence-electron chi connectivity index (χ1n) is 8.42. The maximum Gasteiger partial charge on any atom is 0.347 e. The number of aliphatic carboxylic acids is 1. The topological polar surface area (TPSA) is 63.6 Å². The molecule has 0 aliphatic rings. The predicted octanol–water partition coefficient (Wildman–Crippen LogP) is 5.24. The van der Waals surface area contributed by atoms with Gasteiger partial charge in [0, 0.05) is 42.3 Å². The summed E-state index contributed by atoms with van der Waals surface area (Å²) < 4.78 is 6.94. The molecule has 141 valence electrons. The molecule has 1 aromatic heterocycles. The molecule has 0 spiro atoms. The number of ether oxygens (including phenoxy) is 1. The molecule has 0 aliphatic carbocycles. The zero-order valence-electron chi connectivity index (χ0n) is 15.9. The van der Waals surface area contributed by atoms with Crippen LogP contribution in [0.3, 0.4) is 0 Å². The molecule has 3 rings (SSSR count). The molecule has 0 saturated carbocycles. The van der Waals surface area contributed by atoms with E-state index in [4.69, 9.17) is 4.74 Å². The average Bonchev–Trinajstić information content (AvgIpc) is 3.04. The number of thiophene rings is 1. The van der Waals surface area contributed by atoms with Gasteiger partial charge in [-0.1, -0.05) is 29.8 Å². The molecule has 1 heterocycles. The average molecular weight is 468 g/mol. The molecule has 0 fully saturated rings. The predicted molar refractivity (Wildman–Crippen MR) is 109 cm³/mol. The quantitative estimate of drug-likeness (QED) is 0.397. The van der Waals surface area contributed by atoms with Gasteiger partial charge in [-0.2, -0.15) is 12.2 Å². The van der Waals surface area contributed by atoms with Crippen molar-refractivity contribution < 1.29 is 52.1 Å². The molecule has 0 bridgehead atoms. The van der Waals surface area contributed by atoms with Gasteiger partial charge in [0.25, 0.3) is 0 Å². The molecule has 0 atom stereocenters. The van der Waals surface area contributed by atoms with Gasteiger partial charge in [-0.05, 0) is 61.8 Å². The van der Waals surface area contributed by atoms with E-state index < -0.39 is 11.6 Å². The fraction of sp³-hybridized carbons (Fsp3) is 0.182. The summed E-state index contributed by atoms with van der Waals surface area (Å²) in [4.78, 5) is 23.2. The summed E-state index contributed by atoms with van der Waals surface area (Å²) in [7, 11) is 0. The van der Waals surface area contributed by atoms with E-state index in [0.29, 0.717) is 11.3 Å². The second kappa shape index (κ2) is 9.12. The Hall–Kier alpha value is -1.82. The number of carboxylic acid groups (broad SMARTS) is 1. The third-order valence-corrected chi connectivity index (χ3v) is 5.41. The van der Waals surface area contributed by atoms with Gasteiger partial charge in [-0.3, -0.25) is 0 Å². The first-order chi connectivity index (χ1) is 12.8. The van der Waals surface area contributed by atoms with Gasteiger partial charge in [-0.25, -0.2) is 4.79 Å². The van der Waals surface area contributed by atoms with E-state index >= 15 is 0 Å². The summed E-state index contributed by atoms with van der Waals surface area (Å²) in [5, 5.41) is 10.5. The number of aryl methyl sites for hydroxylation is 1. The second-order valence-electron chi connectivity index (χ2n) is 6.72. The Bertz CT molecular complexity index is 1020. The number of rotatable bonds is 6. The zero-order chi connectivity index (χ0) is 19.6. The minimum atomic E-state index is -1.39. The van der Waals surface area contributed by atoms with Crippen molar-refractivity contribution in [1.82, 2.24) is 0 Å². The van der Waals surface area contributed by atoms with Crippen molar-refractivity contribution in [3.05, 3.63) is 59.7 Å². The number of carboxylic acids is 1. The Morgan fingerprint density at radius 2 is 1.93 bits per heavy atom. The van der Waals surface area contributed by atoms with E-state index in [1.807, 2.05) is 31.2 Å². The maximum atomic E-state index is 11.4.